The van der Waals surface area contributed by atoms with Gasteiger partial charge in [0.1, 0.15) is 0 Å². The van der Waals surface area contributed by atoms with Gasteiger partial charge in [0.05, 0.1) is 45.9 Å². The number of hydrogen-bond acceptors (Lipinski definition) is 6. The number of H-pyrrole nitrogens is 1. The molecule has 8 nitrogen and oxygen atoms in total. The number of benzene rings is 2. The number of likely N-dealkylation sites (N-methyl/N-ethyl adjacent to an activating group) is 1. The van der Waals surface area contributed by atoms with Crippen LogP contribution in [0.3, 0.4) is 0 Å². The van der Waals surface area contributed by atoms with Crippen molar-refractivity contribution in [3.8, 4) is 0 Å². The lowest BCUT2D eigenvalue weighted by molar-refractivity contribution is 0.154. The van der Waals surface area contributed by atoms with Crippen molar-refractivity contribution in [1.82, 2.24) is 24.6 Å². The van der Waals surface area contributed by atoms with Crippen LogP contribution in [-0.4, -0.2) is 70.9 Å². The number of nitrogens with zero attached hydrogens (tertiary/aromatic N) is 4. The van der Waals surface area contributed by atoms with Crippen molar-refractivity contribution in [2.24, 2.45) is 0 Å². The Kier molecular flexibility index (Phi) is 4.36. The van der Waals surface area contributed by atoms with E-state index in [1.807, 2.05) is 18.2 Å². The van der Waals surface area contributed by atoms with Crippen LogP contribution in [0.2, 0.25) is 0 Å². The fourth-order valence-electron chi connectivity index (χ4n) is 5.03. The molecule has 2 aliphatic rings. The average molecular weight is 418 g/mol. The van der Waals surface area contributed by atoms with Crippen molar-refractivity contribution < 1.29 is 0 Å². The van der Waals surface area contributed by atoms with E-state index in [4.69, 9.17) is 0 Å². The van der Waals surface area contributed by atoms with E-state index in [0.29, 0.717) is 6.67 Å². The SMILES string of the molecule is CN1CCN(CCCNc2ccc3c4c2c(=O)c2c5cn[nH]c5ccc2n4CN3)CC1. The first-order valence-electron chi connectivity index (χ1n) is 11.0. The predicted molar refractivity (Wildman–Crippen MR) is 126 cm³/mol. The van der Waals surface area contributed by atoms with E-state index in [1.165, 1.54) is 0 Å². The van der Waals surface area contributed by atoms with Gasteiger partial charge >= 0.3 is 0 Å². The summed E-state index contributed by atoms with van der Waals surface area (Å²) < 4.78 is 2.21. The van der Waals surface area contributed by atoms with Crippen LogP contribution in [0.4, 0.5) is 11.4 Å². The number of hydrogen-bond donors (Lipinski definition) is 3. The van der Waals surface area contributed by atoms with Gasteiger partial charge in [-0.2, -0.15) is 5.10 Å². The van der Waals surface area contributed by atoms with Gasteiger partial charge in [0.2, 0.25) is 0 Å². The van der Waals surface area contributed by atoms with Gasteiger partial charge in [-0.15, -0.1) is 0 Å². The van der Waals surface area contributed by atoms with Crippen LogP contribution in [-0.2, 0) is 6.67 Å². The molecular weight excluding hydrogens is 390 g/mol. The van der Waals surface area contributed by atoms with Gasteiger partial charge in [-0.25, -0.2) is 0 Å². The standard InChI is InChI=1S/C23H27N7O/c1-28-9-11-29(12-10-28)8-2-7-24-17-3-4-18-22-21(17)23(31)20-15-13-26-27-16(15)5-6-19(20)30(22)14-25-18/h3-6,13,24-25H,2,7-12,14H2,1H3,(H,26,27). The zero-order valence-corrected chi connectivity index (χ0v) is 17.7. The second kappa shape index (κ2) is 7.25. The molecule has 0 atom stereocenters. The van der Waals surface area contributed by atoms with E-state index in [-0.39, 0.29) is 5.43 Å². The summed E-state index contributed by atoms with van der Waals surface area (Å²) in [5, 5.41) is 16.5. The van der Waals surface area contributed by atoms with Gasteiger partial charge in [-0.05, 0) is 44.3 Å². The lowest BCUT2D eigenvalue weighted by atomic mass is 10.0. The summed E-state index contributed by atoms with van der Waals surface area (Å²) >= 11 is 0. The minimum Gasteiger partial charge on any atom is -0.384 e. The van der Waals surface area contributed by atoms with E-state index in [9.17, 15) is 4.79 Å². The Morgan fingerprint density at radius 3 is 2.84 bits per heavy atom. The Bertz CT molecular complexity index is 1350. The number of fused-ring (bicyclic) bond motifs is 4. The molecule has 1 fully saturated rings. The first kappa shape index (κ1) is 18.7. The first-order chi connectivity index (χ1) is 15.2. The molecule has 0 bridgehead atoms. The van der Waals surface area contributed by atoms with E-state index < -0.39 is 0 Å². The van der Waals surface area contributed by atoms with Crippen molar-refractivity contribution in [2.45, 2.75) is 13.1 Å². The molecule has 0 radical (unpaired) electrons. The maximum Gasteiger partial charge on any atom is 0.200 e. The summed E-state index contributed by atoms with van der Waals surface area (Å²) in [5.74, 6) is 0. The van der Waals surface area contributed by atoms with Crippen LogP contribution in [0.1, 0.15) is 6.42 Å². The Morgan fingerprint density at radius 1 is 1.10 bits per heavy atom. The maximum atomic E-state index is 13.7. The minimum absolute atomic E-state index is 0.0698. The second-order valence-electron chi connectivity index (χ2n) is 8.69. The molecule has 160 valence electrons. The quantitative estimate of drug-likeness (QED) is 0.342. The molecule has 4 heterocycles. The molecule has 0 saturated carbocycles. The third-order valence-corrected chi connectivity index (χ3v) is 6.79. The molecule has 6 rings (SSSR count). The van der Waals surface area contributed by atoms with Crippen molar-refractivity contribution in [3.63, 3.8) is 0 Å². The van der Waals surface area contributed by atoms with Gasteiger partial charge < -0.3 is 25.0 Å². The highest BCUT2D eigenvalue weighted by Gasteiger charge is 2.22. The Labute approximate surface area is 179 Å². The molecule has 2 aromatic carbocycles. The summed E-state index contributed by atoms with van der Waals surface area (Å²) in [6, 6.07) is 8.14. The molecular formula is C23H27N7O. The van der Waals surface area contributed by atoms with Crippen LogP contribution in [0.15, 0.2) is 35.3 Å². The highest BCUT2D eigenvalue weighted by atomic mass is 16.1. The topological polar surface area (TPSA) is 81.2 Å². The summed E-state index contributed by atoms with van der Waals surface area (Å²) in [6.45, 7) is 7.15. The number of rotatable bonds is 5. The van der Waals surface area contributed by atoms with Gasteiger partial charge in [0.25, 0.3) is 0 Å². The van der Waals surface area contributed by atoms with E-state index in [0.717, 1.165) is 89.8 Å². The maximum absolute atomic E-state index is 13.7. The fourth-order valence-corrected chi connectivity index (χ4v) is 5.03. The van der Waals surface area contributed by atoms with E-state index in [2.05, 4.69) is 48.3 Å². The molecule has 3 N–H and O–H groups in total. The molecule has 31 heavy (non-hydrogen) atoms. The number of anilines is 2. The summed E-state index contributed by atoms with van der Waals surface area (Å²) in [4.78, 5) is 18.6. The van der Waals surface area contributed by atoms with Gasteiger partial charge in [0.15, 0.2) is 5.43 Å². The molecule has 0 aliphatic carbocycles. The van der Waals surface area contributed by atoms with E-state index >= 15 is 0 Å². The Balaban J connectivity index is 1.35. The number of aromatic amines is 1. The Morgan fingerprint density at radius 2 is 1.97 bits per heavy atom. The van der Waals surface area contributed by atoms with Crippen LogP contribution in [0.5, 0.6) is 0 Å². The van der Waals surface area contributed by atoms with Gasteiger partial charge in [0, 0.05) is 43.8 Å². The highest BCUT2D eigenvalue weighted by Crippen LogP contribution is 2.35. The second-order valence-corrected chi connectivity index (χ2v) is 8.69. The number of nitrogens with one attached hydrogen (secondary N) is 3. The van der Waals surface area contributed by atoms with Crippen LogP contribution in [0.25, 0.3) is 32.7 Å². The highest BCUT2D eigenvalue weighted by molar-refractivity contribution is 6.13. The first-order valence-corrected chi connectivity index (χ1v) is 11.0. The van der Waals surface area contributed by atoms with Crippen molar-refractivity contribution in [1.29, 1.82) is 0 Å². The van der Waals surface area contributed by atoms with Crippen LogP contribution in [0, 0.1) is 0 Å². The van der Waals surface area contributed by atoms with Crippen molar-refractivity contribution in [2.75, 3.05) is 56.9 Å². The van der Waals surface area contributed by atoms with Gasteiger partial charge in [-0.3, -0.25) is 9.89 Å². The zero-order chi connectivity index (χ0) is 20.9. The fraction of sp³-hybridized carbons (Fsp3) is 0.391. The predicted octanol–water partition coefficient (Wildman–Crippen LogP) is 2.46. The smallest absolute Gasteiger partial charge is 0.200 e. The summed E-state index contributed by atoms with van der Waals surface area (Å²) in [7, 11) is 2.18. The third-order valence-electron chi connectivity index (χ3n) is 6.79. The molecule has 8 heteroatoms. The molecule has 0 unspecified atom stereocenters. The Hall–Kier alpha value is -3.10. The zero-order valence-electron chi connectivity index (χ0n) is 17.7. The molecule has 1 saturated heterocycles. The molecule has 0 spiro atoms. The molecule has 0 amide bonds. The monoisotopic (exact) mass is 417 g/mol. The van der Waals surface area contributed by atoms with Crippen LogP contribution < -0.4 is 16.1 Å². The van der Waals surface area contributed by atoms with E-state index in [1.54, 1.807) is 6.20 Å². The largest absolute Gasteiger partial charge is 0.384 e. The lowest BCUT2D eigenvalue weighted by Gasteiger charge is -2.32. The lowest BCUT2D eigenvalue weighted by Crippen LogP contribution is -2.44. The normalized spacial score (nSPS) is 17.1. The van der Waals surface area contributed by atoms with Crippen LogP contribution >= 0.6 is 0 Å². The number of aromatic nitrogens is 3. The minimum atomic E-state index is 0.0698. The van der Waals surface area contributed by atoms with Crippen molar-refractivity contribution in [3.05, 3.63) is 40.7 Å². The third kappa shape index (κ3) is 2.97. The molecule has 4 aromatic rings. The van der Waals surface area contributed by atoms with Gasteiger partial charge in [-0.1, -0.05) is 0 Å². The summed E-state index contributed by atoms with van der Waals surface area (Å²) in [5.41, 5.74) is 4.83. The average Bonchev–Trinajstić information content (AvgIpc) is 3.43. The molecule has 2 aromatic heterocycles. The number of pyridine rings is 1. The molecule has 2 aliphatic heterocycles. The number of piperazine rings is 1. The summed E-state index contributed by atoms with van der Waals surface area (Å²) in [6.07, 6.45) is 2.81. The van der Waals surface area contributed by atoms with Crippen molar-refractivity contribution >= 4 is 44.1 Å².